The Morgan fingerprint density at radius 2 is 1.77 bits per heavy atom. The van der Waals surface area contributed by atoms with E-state index in [4.69, 9.17) is 16.3 Å². The van der Waals surface area contributed by atoms with Crippen molar-refractivity contribution in [2.45, 2.75) is 63.3 Å². The Bertz CT molecular complexity index is 860. The summed E-state index contributed by atoms with van der Waals surface area (Å²) in [5.41, 5.74) is 1.39. The van der Waals surface area contributed by atoms with E-state index in [-0.39, 0.29) is 5.91 Å². The zero-order chi connectivity index (χ0) is 21.7. The van der Waals surface area contributed by atoms with Gasteiger partial charge in [0.1, 0.15) is 12.4 Å². The number of benzene rings is 2. The number of nitrogens with one attached hydrogen (secondary N) is 1. The van der Waals surface area contributed by atoms with Crippen LogP contribution in [0.15, 0.2) is 48.5 Å². The summed E-state index contributed by atoms with van der Waals surface area (Å²) in [6, 6.07) is 16.1. The highest BCUT2D eigenvalue weighted by atomic mass is 35.5. The first-order valence-corrected chi connectivity index (χ1v) is 12.0. The number of nitrogens with zero attached hydrogens (tertiary/aromatic N) is 1. The molecular formula is C26H33ClN2O2. The molecule has 1 saturated carbocycles. The van der Waals surface area contributed by atoms with Gasteiger partial charge in [0.25, 0.3) is 0 Å². The lowest BCUT2D eigenvalue weighted by molar-refractivity contribution is -0.121. The number of amides is 1. The molecule has 1 aliphatic carbocycles. The van der Waals surface area contributed by atoms with Crippen molar-refractivity contribution in [1.82, 2.24) is 4.90 Å². The summed E-state index contributed by atoms with van der Waals surface area (Å²) in [4.78, 5) is 15.8. The van der Waals surface area contributed by atoms with Crippen molar-refractivity contribution in [3.05, 3.63) is 59.1 Å². The Kier molecular flexibility index (Phi) is 7.19. The van der Waals surface area contributed by atoms with Gasteiger partial charge in [-0.05, 0) is 81.1 Å². The summed E-state index contributed by atoms with van der Waals surface area (Å²) < 4.78 is 5.95. The summed E-state index contributed by atoms with van der Waals surface area (Å²) >= 11 is 6.06. The Hall–Kier alpha value is -2.04. The minimum absolute atomic E-state index is 0.0695. The second kappa shape index (κ2) is 10.1. The number of hydrogen-bond donors (Lipinski definition) is 1. The Labute approximate surface area is 190 Å². The van der Waals surface area contributed by atoms with Gasteiger partial charge in [0.15, 0.2) is 0 Å². The average molecular weight is 441 g/mol. The third kappa shape index (κ3) is 5.24. The van der Waals surface area contributed by atoms with Crippen molar-refractivity contribution >= 4 is 23.2 Å². The van der Waals surface area contributed by atoms with Crippen LogP contribution in [0.4, 0.5) is 5.69 Å². The highest BCUT2D eigenvalue weighted by Crippen LogP contribution is 2.42. The fraction of sp³-hybridized carbons (Fsp3) is 0.500. The maximum absolute atomic E-state index is 13.3. The molecule has 5 heteroatoms. The zero-order valence-electron chi connectivity index (χ0n) is 18.4. The van der Waals surface area contributed by atoms with Crippen LogP contribution < -0.4 is 10.1 Å². The van der Waals surface area contributed by atoms with E-state index in [0.29, 0.717) is 17.7 Å². The van der Waals surface area contributed by atoms with E-state index in [2.05, 4.69) is 17.1 Å². The van der Waals surface area contributed by atoms with Gasteiger partial charge in [0, 0.05) is 23.3 Å². The molecule has 2 aromatic carbocycles. The fourth-order valence-electron chi connectivity index (χ4n) is 5.05. The van der Waals surface area contributed by atoms with Gasteiger partial charge in [-0.1, -0.05) is 43.0 Å². The normalized spacial score (nSPS) is 21.0. The van der Waals surface area contributed by atoms with E-state index in [1.807, 2.05) is 48.5 Å². The van der Waals surface area contributed by atoms with Crippen LogP contribution in [0.25, 0.3) is 0 Å². The zero-order valence-corrected chi connectivity index (χ0v) is 19.2. The molecule has 1 N–H and O–H groups in total. The maximum atomic E-state index is 13.3. The Morgan fingerprint density at radius 1 is 1.06 bits per heavy atom. The predicted molar refractivity (Wildman–Crippen MR) is 127 cm³/mol. The fourth-order valence-corrected chi connectivity index (χ4v) is 5.18. The predicted octanol–water partition coefficient (Wildman–Crippen LogP) is 6.04. The average Bonchev–Trinajstić information content (AvgIpc) is 3.28. The van der Waals surface area contributed by atoms with Crippen molar-refractivity contribution in [3.63, 3.8) is 0 Å². The Morgan fingerprint density at radius 3 is 2.45 bits per heavy atom. The maximum Gasteiger partial charge on any atom is 0.235 e. The number of halogens is 1. The summed E-state index contributed by atoms with van der Waals surface area (Å²) in [5.74, 6) is 0.913. The van der Waals surface area contributed by atoms with E-state index in [1.165, 1.54) is 25.8 Å². The Balaban J connectivity index is 1.34. The SMILES string of the molecule is C[C@H]1CCCCN1CCOc1ccc(NC(=O)C2(c3ccc(Cl)cc3)CCCC2)cc1. The first-order chi connectivity index (χ1) is 15.1. The van der Waals surface area contributed by atoms with Gasteiger partial charge < -0.3 is 10.1 Å². The van der Waals surface area contributed by atoms with Crippen LogP contribution in [0.1, 0.15) is 57.4 Å². The number of carbonyl (C=O) groups is 1. The largest absolute Gasteiger partial charge is 0.492 e. The molecule has 1 amide bonds. The van der Waals surface area contributed by atoms with E-state index in [0.717, 1.165) is 49.2 Å². The van der Waals surface area contributed by atoms with Gasteiger partial charge in [-0.25, -0.2) is 0 Å². The summed E-state index contributed by atoms with van der Waals surface area (Å²) in [6.45, 7) is 5.13. The third-order valence-corrected chi connectivity index (χ3v) is 7.24. The van der Waals surface area contributed by atoms with Crippen molar-refractivity contribution < 1.29 is 9.53 Å². The van der Waals surface area contributed by atoms with E-state index in [1.54, 1.807) is 0 Å². The monoisotopic (exact) mass is 440 g/mol. The quantitative estimate of drug-likeness (QED) is 0.570. The minimum Gasteiger partial charge on any atom is -0.492 e. The molecule has 2 aromatic rings. The number of likely N-dealkylation sites (tertiary alicyclic amines) is 1. The third-order valence-electron chi connectivity index (χ3n) is 6.99. The summed E-state index contributed by atoms with van der Waals surface area (Å²) in [6.07, 6.45) is 7.79. The van der Waals surface area contributed by atoms with E-state index in [9.17, 15) is 4.79 Å². The van der Waals surface area contributed by atoms with Crippen LogP contribution in [0.3, 0.4) is 0 Å². The van der Waals surface area contributed by atoms with Gasteiger partial charge in [-0.15, -0.1) is 0 Å². The second-order valence-corrected chi connectivity index (χ2v) is 9.44. The van der Waals surface area contributed by atoms with Crippen LogP contribution in [0.2, 0.25) is 5.02 Å². The molecule has 4 nitrogen and oxygen atoms in total. The first kappa shape index (κ1) is 22.2. The van der Waals surface area contributed by atoms with Gasteiger partial charge in [0.05, 0.1) is 5.41 Å². The van der Waals surface area contributed by atoms with Crippen molar-refractivity contribution in [1.29, 1.82) is 0 Å². The molecule has 0 spiro atoms. The highest BCUT2D eigenvalue weighted by Gasteiger charge is 2.42. The van der Waals surface area contributed by atoms with Gasteiger partial charge in [-0.2, -0.15) is 0 Å². The van der Waals surface area contributed by atoms with Gasteiger partial charge in [0.2, 0.25) is 5.91 Å². The number of hydrogen-bond acceptors (Lipinski definition) is 3. The van der Waals surface area contributed by atoms with Crippen LogP contribution in [-0.2, 0) is 10.2 Å². The van der Waals surface area contributed by atoms with Gasteiger partial charge >= 0.3 is 0 Å². The number of anilines is 1. The molecule has 2 fully saturated rings. The lowest BCUT2D eigenvalue weighted by atomic mass is 9.78. The lowest BCUT2D eigenvalue weighted by Crippen LogP contribution is -2.39. The number of piperidine rings is 1. The molecule has 4 rings (SSSR count). The van der Waals surface area contributed by atoms with Crippen LogP contribution >= 0.6 is 11.6 Å². The molecule has 2 aliphatic rings. The smallest absolute Gasteiger partial charge is 0.235 e. The van der Waals surface area contributed by atoms with Crippen molar-refractivity contribution in [3.8, 4) is 5.75 Å². The number of carbonyl (C=O) groups excluding carboxylic acids is 1. The molecule has 166 valence electrons. The number of rotatable bonds is 7. The van der Waals surface area contributed by atoms with Crippen molar-refractivity contribution in [2.24, 2.45) is 0 Å². The lowest BCUT2D eigenvalue weighted by Gasteiger charge is -2.33. The molecule has 0 unspecified atom stereocenters. The molecule has 1 aliphatic heterocycles. The number of ether oxygens (including phenoxy) is 1. The summed E-state index contributed by atoms with van der Waals surface area (Å²) in [7, 11) is 0. The summed E-state index contributed by atoms with van der Waals surface area (Å²) in [5, 5.41) is 3.84. The van der Waals surface area contributed by atoms with Crippen molar-refractivity contribution in [2.75, 3.05) is 25.0 Å². The second-order valence-electron chi connectivity index (χ2n) is 9.00. The molecule has 0 radical (unpaired) electrons. The standard InChI is InChI=1S/C26H33ClN2O2/c1-20-6-2-5-17-29(20)18-19-31-24-13-11-23(12-14-24)28-25(30)26(15-3-4-16-26)21-7-9-22(27)10-8-21/h7-14,20H,2-6,15-19H2,1H3,(H,28,30)/t20-/m0/s1. The van der Waals surface area contributed by atoms with E-state index < -0.39 is 5.41 Å². The van der Waals surface area contributed by atoms with E-state index >= 15 is 0 Å². The topological polar surface area (TPSA) is 41.6 Å². The van der Waals surface area contributed by atoms with Gasteiger partial charge in [-0.3, -0.25) is 9.69 Å². The van der Waals surface area contributed by atoms with Crippen LogP contribution in [-0.4, -0.2) is 36.5 Å². The van der Waals surface area contributed by atoms with Crippen LogP contribution in [0, 0.1) is 0 Å². The molecule has 0 aromatic heterocycles. The molecule has 1 saturated heterocycles. The molecule has 31 heavy (non-hydrogen) atoms. The molecular weight excluding hydrogens is 408 g/mol. The molecule has 1 heterocycles. The van der Waals surface area contributed by atoms with Crippen LogP contribution in [0.5, 0.6) is 5.75 Å². The first-order valence-electron chi connectivity index (χ1n) is 11.6. The highest BCUT2D eigenvalue weighted by molar-refractivity contribution is 6.30. The molecule has 1 atom stereocenters. The molecule has 0 bridgehead atoms. The minimum atomic E-state index is -0.467.